The number of hydrogen-bond acceptors (Lipinski definition) is 4. The van der Waals surface area contributed by atoms with E-state index >= 15 is 0 Å². The van der Waals surface area contributed by atoms with E-state index in [9.17, 15) is 5.11 Å². The van der Waals surface area contributed by atoms with Crippen LogP contribution >= 0.6 is 0 Å². The number of rotatable bonds is 5. The zero-order valence-electron chi connectivity index (χ0n) is 16.7. The lowest BCUT2D eigenvalue weighted by atomic mass is 10.1. The fraction of sp³-hybridized carbons (Fsp3) is 0.524. The van der Waals surface area contributed by atoms with Crippen LogP contribution in [0.25, 0.3) is 21.9 Å². The Morgan fingerprint density at radius 2 is 1.77 bits per heavy atom. The average molecular weight is 354 g/mol. The maximum Gasteiger partial charge on any atom is 0.124 e. The average Bonchev–Trinajstić information content (AvgIpc) is 2.87. The number of nitrogens with zero attached hydrogens (tertiary/aromatic N) is 4. The van der Waals surface area contributed by atoms with Crippen LogP contribution in [0.3, 0.4) is 0 Å². The summed E-state index contributed by atoms with van der Waals surface area (Å²) in [6.45, 7) is 14.7. The second kappa shape index (κ2) is 6.63. The summed E-state index contributed by atoms with van der Waals surface area (Å²) in [5, 5.41) is 11.6. The maximum atomic E-state index is 10.5. The summed E-state index contributed by atoms with van der Waals surface area (Å²) >= 11 is 0. The molecule has 0 aliphatic carbocycles. The van der Waals surface area contributed by atoms with Crippen LogP contribution in [0.2, 0.25) is 0 Å². The van der Waals surface area contributed by atoms with Crippen molar-refractivity contribution < 1.29 is 5.11 Å². The molecule has 0 saturated carbocycles. The quantitative estimate of drug-likeness (QED) is 0.753. The highest BCUT2D eigenvalue weighted by molar-refractivity contribution is 6.02. The number of para-hydroxylation sites is 1. The lowest BCUT2D eigenvalue weighted by molar-refractivity contribution is 0.0597. The third kappa shape index (κ3) is 3.74. The SMILES string of the molecule is CCN(Cc1nc2cnc3ccccc3c2n1CC(C)(C)O)C(C)(C)C. The molecular weight excluding hydrogens is 324 g/mol. The summed E-state index contributed by atoms with van der Waals surface area (Å²) in [7, 11) is 0. The second-order valence-electron chi connectivity index (χ2n) is 8.62. The van der Waals surface area contributed by atoms with E-state index < -0.39 is 5.60 Å². The molecule has 0 aliphatic heterocycles. The minimum absolute atomic E-state index is 0.0484. The van der Waals surface area contributed by atoms with E-state index in [1.807, 2.05) is 38.2 Å². The Labute approximate surface area is 155 Å². The molecule has 26 heavy (non-hydrogen) atoms. The minimum Gasteiger partial charge on any atom is -0.389 e. The number of imidazole rings is 1. The van der Waals surface area contributed by atoms with Gasteiger partial charge >= 0.3 is 0 Å². The molecule has 2 heterocycles. The van der Waals surface area contributed by atoms with Gasteiger partial charge in [-0.2, -0.15) is 0 Å². The molecule has 0 saturated heterocycles. The lowest BCUT2D eigenvalue weighted by Gasteiger charge is -2.34. The number of hydrogen-bond donors (Lipinski definition) is 1. The van der Waals surface area contributed by atoms with Crippen LogP contribution in [0, 0.1) is 0 Å². The first-order chi connectivity index (χ1) is 12.1. The van der Waals surface area contributed by atoms with Crippen molar-refractivity contribution in [3.8, 4) is 0 Å². The molecule has 5 heteroatoms. The number of aromatic nitrogens is 3. The van der Waals surface area contributed by atoms with Gasteiger partial charge in [0.25, 0.3) is 0 Å². The monoisotopic (exact) mass is 354 g/mol. The Morgan fingerprint density at radius 3 is 2.38 bits per heavy atom. The first kappa shape index (κ1) is 18.8. The van der Waals surface area contributed by atoms with Gasteiger partial charge in [-0.15, -0.1) is 0 Å². The number of fused-ring (bicyclic) bond motifs is 3. The Hall–Kier alpha value is -1.98. The van der Waals surface area contributed by atoms with E-state index in [-0.39, 0.29) is 5.54 Å². The zero-order valence-corrected chi connectivity index (χ0v) is 16.7. The molecule has 3 rings (SSSR count). The first-order valence-corrected chi connectivity index (χ1v) is 9.30. The molecule has 0 bridgehead atoms. The fourth-order valence-electron chi connectivity index (χ4n) is 3.48. The van der Waals surface area contributed by atoms with Crippen molar-refractivity contribution in [1.29, 1.82) is 0 Å². The van der Waals surface area contributed by atoms with Crippen LogP contribution in [0.5, 0.6) is 0 Å². The van der Waals surface area contributed by atoms with Crippen LogP contribution in [-0.2, 0) is 13.1 Å². The van der Waals surface area contributed by atoms with Crippen LogP contribution in [0.1, 0.15) is 47.4 Å². The van der Waals surface area contributed by atoms with E-state index in [4.69, 9.17) is 4.98 Å². The summed E-state index contributed by atoms with van der Waals surface area (Å²) < 4.78 is 2.17. The van der Waals surface area contributed by atoms with Gasteiger partial charge in [0.15, 0.2) is 0 Å². The van der Waals surface area contributed by atoms with Crippen molar-refractivity contribution in [3.05, 3.63) is 36.3 Å². The smallest absolute Gasteiger partial charge is 0.124 e. The molecule has 5 nitrogen and oxygen atoms in total. The maximum absolute atomic E-state index is 10.5. The highest BCUT2D eigenvalue weighted by Gasteiger charge is 2.25. The largest absolute Gasteiger partial charge is 0.389 e. The van der Waals surface area contributed by atoms with E-state index in [1.54, 1.807) is 0 Å². The third-order valence-corrected chi connectivity index (χ3v) is 4.77. The summed E-state index contributed by atoms with van der Waals surface area (Å²) in [6.07, 6.45) is 1.84. The van der Waals surface area contributed by atoms with Gasteiger partial charge < -0.3 is 9.67 Å². The first-order valence-electron chi connectivity index (χ1n) is 9.30. The van der Waals surface area contributed by atoms with Gasteiger partial charge in [0.05, 0.1) is 35.9 Å². The molecule has 140 valence electrons. The predicted octanol–water partition coefficient (Wildman–Crippen LogP) is 3.98. The fourth-order valence-corrected chi connectivity index (χ4v) is 3.48. The molecular formula is C21H30N4O. The molecule has 0 fully saturated rings. The van der Waals surface area contributed by atoms with Gasteiger partial charge in [-0.05, 0) is 47.2 Å². The van der Waals surface area contributed by atoms with Crippen molar-refractivity contribution in [2.45, 2.75) is 65.8 Å². The van der Waals surface area contributed by atoms with Gasteiger partial charge in [-0.3, -0.25) is 9.88 Å². The second-order valence-corrected chi connectivity index (χ2v) is 8.62. The molecule has 0 spiro atoms. The Kier molecular flexibility index (Phi) is 4.80. The van der Waals surface area contributed by atoms with Crippen LogP contribution in [0.4, 0.5) is 0 Å². The molecule has 0 atom stereocenters. The summed E-state index contributed by atoms with van der Waals surface area (Å²) in [6, 6.07) is 8.12. The van der Waals surface area contributed by atoms with Gasteiger partial charge in [-0.1, -0.05) is 25.1 Å². The summed E-state index contributed by atoms with van der Waals surface area (Å²) in [4.78, 5) is 11.8. The van der Waals surface area contributed by atoms with E-state index in [2.05, 4.69) is 48.2 Å². The molecule has 0 unspecified atom stereocenters. The minimum atomic E-state index is -0.828. The summed E-state index contributed by atoms with van der Waals surface area (Å²) in [5.74, 6) is 0.969. The summed E-state index contributed by atoms with van der Waals surface area (Å²) in [5.41, 5.74) is 2.11. The third-order valence-electron chi connectivity index (χ3n) is 4.77. The Bertz CT molecular complexity index is 915. The van der Waals surface area contributed by atoms with Crippen molar-refractivity contribution in [2.75, 3.05) is 6.54 Å². The highest BCUT2D eigenvalue weighted by atomic mass is 16.3. The van der Waals surface area contributed by atoms with Gasteiger partial charge in [0, 0.05) is 10.9 Å². The van der Waals surface area contributed by atoms with Crippen LogP contribution in [0.15, 0.2) is 30.5 Å². The van der Waals surface area contributed by atoms with Crippen LogP contribution in [-0.4, -0.2) is 42.2 Å². The molecule has 1 N–H and O–H groups in total. The molecule has 1 aromatic carbocycles. The van der Waals surface area contributed by atoms with Gasteiger partial charge in [0.2, 0.25) is 0 Å². The Morgan fingerprint density at radius 1 is 1.08 bits per heavy atom. The van der Waals surface area contributed by atoms with E-state index in [1.165, 1.54) is 0 Å². The predicted molar refractivity (Wildman–Crippen MR) is 107 cm³/mol. The van der Waals surface area contributed by atoms with Crippen molar-refractivity contribution in [1.82, 2.24) is 19.4 Å². The molecule has 3 aromatic rings. The van der Waals surface area contributed by atoms with Gasteiger partial charge in [0.1, 0.15) is 11.3 Å². The molecule has 0 radical (unpaired) electrons. The van der Waals surface area contributed by atoms with E-state index in [0.29, 0.717) is 6.54 Å². The van der Waals surface area contributed by atoms with Crippen molar-refractivity contribution in [2.24, 2.45) is 0 Å². The molecule has 2 aromatic heterocycles. The molecule has 0 aliphatic rings. The standard InChI is InChI=1S/C21H30N4O/c1-7-24(20(2,3)4)13-18-23-17-12-22-16-11-9-8-10-15(16)19(17)25(18)14-21(5,6)26/h8-12,26H,7,13-14H2,1-6H3. The normalized spacial score (nSPS) is 13.2. The lowest BCUT2D eigenvalue weighted by Crippen LogP contribution is -2.41. The van der Waals surface area contributed by atoms with Crippen LogP contribution < -0.4 is 0 Å². The number of pyridine rings is 1. The number of benzene rings is 1. The topological polar surface area (TPSA) is 54.2 Å². The highest BCUT2D eigenvalue weighted by Crippen LogP contribution is 2.28. The zero-order chi connectivity index (χ0) is 19.1. The number of aliphatic hydroxyl groups is 1. The molecule has 0 amide bonds. The van der Waals surface area contributed by atoms with Gasteiger partial charge in [-0.25, -0.2) is 4.98 Å². The van der Waals surface area contributed by atoms with E-state index in [0.717, 1.165) is 40.9 Å². The van der Waals surface area contributed by atoms with Crippen molar-refractivity contribution in [3.63, 3.8) is 0 Å². The van der Waals surface area contributed by atoms with Crippen molar-refractivity contribution >= 4 is 21.9 Å². The Balaban J connectivity index is 2.22.